The van der Waals surface area contributed by atoms with Crippen LogP contribution in [0, 0.1) is 0 Å². The molecule has 0 aliphatic carbocycles. The van der Waals surface area contributed by atoms with Gasteiger partial charge in [-0.2, -0.15) is 0 Å². The van der Waals surface area contributed by atoms with E-state index in [2.05, 4.69) is 20.3 Å². The first-order chi connectivity index (χ1) is 15.0. The van der Waals surface area contributed by atoms with Crippen LogP contribution in [0.5, 0.6) is 0 Å². The predicted octanol–water partition coefficient (Wildman–Crippen LogP) is 2.80. The lowest BCUT2D eigenvalue weighted by molar-refractivity contribution is -0.125. The summed E-state index contributed by atoms with van der Waals surface area (Å²) in [6, 6.07) is 9.08. The van der Waals surface area contributed by atoms with Gasteiger partial charge in [-0.05, 0) is 56.1 Å². The fourth-order valence-corrected chi connectivity index (χ4v) is 4.25. The number of fused-ring (bicyclic) bond motifs is 1. The zero-order chi connectivity index (χ0) is 21.8. The van der Waals surface area contributed by atoms with E-state index in [-0.39, 0.29) is 11.9 Å². The van der Waals surface area contributed by atoms with Crippen LogP contribution < -0.4 is 16.0 Å². The quantitative estimate of drug-likeness (QED) is 0.519. The molecule has 1 saturated heterocycles. The van der Waals surface area contributed by atoms with Crippen molar-refractivity contribution in [2.45, 2.75) is 30.8 Å². The molecule has 1 aliphatic rings. The van der Waals surface area contributed by atoms with E-state index in [1.54, 1.807) is 18.2 Å². The first kappa shape index (κ1) is 21.7. The van der Waals surface area contributed by atoms with Gasteiger partial charge in [-0.3, -0.25) is 9.69 Å². The number of rotatable bonds is 7. The Morgan fingerprint density at radius 2 is 2.00 bits per heavy atom. The first-order valence-corrected chi connectivity index (χ1v) is 10.8. The van der Waals surface area contributed by atoms with Gasteiger partial charge in [0.05, 0.1) is 17.0 Å². The van der Waals surface area contributed by atoms with Crippen LogP contribution in [0.2, 0.25) is 5.02 Å². The fourth-order valence-electron chi connectivity index (χ4n) is 4.12. The molecule has 4 rings (SSSR count). The van der Waals surface area contributed by atoms with Crippen LogP contribution in [-0.2, 0) is 9.53 Å². The lowest BCUT2D eigenvalue weighted by Crippen LogP contribution is -2.60. The minimum Gasteiger partial charge on any atom is -0.385 e. The van der Waals surface area contributed by atoms with E-state index in [4.69, 9.17) is 22.1 Å². The summed E-state index contributed by atoms with van der Waals surface area (Å²) < 4.78 is 5.38. The van der Waals surface area contributed by atoms with Gasteiger partial charge in [0.2, 0.25) is 5.91 Å². The minimum atomic E-state index is -0.976. The number of hydrogen-bond acceptors (Lipinski definition) is 6. The molecule has 8 nitrogen and oxygen atoms in total. The second-order valence-corrected chi connectivity index (χ2v) is 8.30. The van der Waals surface area contributed by atoms with Crippen molar-refractivity contribution in [1.82, 2.24) is 20.3 Å². The van der Waals surface area contributed by atoms with Gasteiger partial charge in [-0.25, -0.2) is 9.97 Å². The van der Waals surface area contributed by atoms with E-state index in [0.29, 0.717) is 55.4 Å². The Kier molecular flexibility index (Phi) is 6.52. The maximum Gasteiger partial charge on any atom is 0.248 e. The minimum absolute atomic E-state index is 0.147. The molecule has 9 heteroatoms. The van der Waals surface area contributed by atoms with Crippen LogP contribution in [-0.4, -0.2) is 53.2 Å². The highest BCUT2D eigenvalue weighted by atomic mass is 35.5. The van der Waals surface area contributed by atoms with Crippen molar-refractivity contribution in [3.05, 3.63) is 53.4 Å². The van der Waals surface area contributed by atoms with Crippen molar-refractivity contribution in [1.29, 1.82) is 0 Å². The molecule has 0 saturated carbocycles. The van der Waals surface area contributed by atoms with Crippen molar-refractivity contribution in [2.24, 2.45) is 5.73 Å². The second-order valence-electron chi connectivity index (χ2n) is 7.87. The van der Waals surface area contributed by atoms with E-state index >= 15 is 0 Å². The normalized spacial score (nSPS) is 16.9. The van der Waals surface area contributed by atoms with Crippen molar-refractivity contribution in [3.8, 4) is 0 Å². The third kappa shape index (κ3) is 4.43. The molecular formula is C22H27ClN6O2. The number of hydrogen-bond donors (Lipinski definition) is 3. The van der Waals surface area contributed by atoms with E-state index < -0.39 is 5.54 Å². The topological polar surface area (TPSA) is 109 Å². The molecule has 2 aromatic heterocycles. The molecule has 1 atom stereocenters. The van der Waals surface area contributed by atoms with E-state index in [0.717, 1.165) is 10.9 Å². The first-order valence-electron chi connectivity index (χ1n) is 10.4. The third-order valence-electron chi connectivity index (χ3n) is 5.86. The Hall–Kier alpha value is -2.52. The maximum absolute atomic E-state index is 14.1. The molecule has 0 radical (unpaired) electrons. The Labute approximate surface area is 186 Å². The number of piperidine rings is 1. The lowest BCUT2D eigenvalue weighted by Gasteiger charge is -2.40. The monoisotopic (exact) mass is 442 g/mol. The maximum atomic E-state index is 14.1. The number of carbonyl (C=O) groups excluding carboxylic acids is 1. The lowest BCUT2D eigenvalue weighted by atomic mass is 9.86. The largest absolute Gasteiger partial charge is 0.385 e. The number of H-pyrrole nitrogens is 1. The number of methoxy groups -OCH3 is 1. The summed E-state index contributed by atoms with van der Waals surface area (Å²) in [4.78, 5) is 27.7. The molecule has 1 aromatic carbocycles. The number of benzene rings is 1. The van der Waals surface area contributed by atoms with Gasteiger partial charge in [0, 0.05) is 24.9 Å². The SMILES string of the molecule is COCCC(c1ccc(Cl)cc1)N(C(=O)C1(N)CCNCC1)c1ncnc2[nH]ccc12. The molecular weight excluding hydrogens is 416 g/mol. The summed E-state index contributed by atoms with van der Waals surface area (Å²) in [6.07, 6.45) is 4.95. The van der Waals surface area contributed by atoms with Crippen LogP contribution in [0.15, 0.2) is 42.9 Å². The number of carbonyl (C=O) groups is 1. The zero-order valence-corrected chi connectivity index (χ0v) is 18.2. The highest BCUT2D eigenvalue weighted by Gasteiger charge is 2.42. The van der Waals surface area contributed by atoms with Gasteiger partial charge < -0.3 is 20.8 Å². The summed E-state index contributed by atoms with van der Waals surface area (Å²) in [7, 11) is 1.65. The molecule has 0 bridgehead atoms. The van der Waals surface area contributed by atoms with Crippen LogP contribution in [0.4, 0.5) is 5.82 Å². The van der Waals surface area contributed by atoms with Crippen molar-refractivity contribution < 1.29 is 9.53 Å². The Morgan fingerprint density at radius 1 is 1.26 bits per heavy atom. The molecule has 3 heterocycles. The smallest absolute Gasteiger partial charge is 0.248 e. The van der Waals surface area contributed by atoms with Crippen molar-refractivity contribution in [2.75, 3.05) is 31.7 Å². The standard InChI is InChI=1S/C22H27ClN6O2/c1-31-13-7-18(15-2-4-16(23)5-3-15)29(21(30)22(24)8-11-25-12-9-22)20-17-6-10-26-19(17)27-14-28-20/h2-6,10,14,18,25H,7-9,11-13,24H2,1H3,(H,26,27,28). The molecule has 1 amide bonds. The van der Waals surface area contributed by atoms with Gasteiger partial charge in [0.25, 0.3) is 0 Å². The van der Waals surface area contributed by atoms with Crippen molar-refractivity contribution >= 4 is 34.4 Å². The summed E-state index contributed by atoms with van der Waals surface area (Å²) >= 11 is 6.13. The zero-order valence-electron chi connectivity index (χ0n) is 17.5. The number of ether oxygens (including phenoxy) is 1. The number of amides is 1. The Morgan fingerprint density at radius 3 is 2.71 bits per heavy atom. The average molecular weight is 443 g/mol. The molecule has 1 fully saturated rings. The van der Waals surface area contributed by atoms with Crippen LogP contribution >= 0.6 is 11.6 Å². The van der Waals surface area contributed by atoms with E-state index in [1.807, 2.05) is 30.3 Å². The fraction of sp³-hybridized carbons (Fsp3) is 0.409. The average Bonchev–Trinajstić information content (AvgIpc) is 3.27. The molecule has 1 aliphatic heterocycles. The number of halogens is 1. The van der Waals surface area contributed by atoms with Crippen LogP contribution in [0.25, 0.3) is 11.0 Å². The molecule has 4 N–H and O–H groups in total. The third-order valence-corrected chi connectivity index (χ3v) is 6.12. The number of nitrogens with two attached hydrogens (primary N) is 1. The van der Waals surface area contributed by atoms with Gasteiger partial charge in [-0.15, -0.1) is 0 Å². The summed E-state index contributed by atoms with van der Waals surface area (Å²) in [6.45, 7) is 1.86. The van der Waals surface area contributed by atoms with E-state index in [9.17, 15) is 4.79 Å². The van der Waals surface area contributed by atoms with Gasteiger partial charge in [-0.1, -0.05) is 23.7 Å². The molecule has 164 valence electrons. The summed E-state index contributed by atoms with van der Waals surface area (Å²) in [5, 5.41) is 4.69. The number of nitrogens with one attached hydrogen (secondary N) is 2. The molecule has 3 aromatic rings. The highest BCUT2D eigenvalue weighted by Crippen LogP contribution is 2.36. The molecule has 31 heavy (non-hydrogen) atoms. The summed E-state index contributed by atoms with van der Waals surface area (Å²) in [5.74, 6) is 0.391. The molecule has 0 spiro atoms. The van der Waals surface area contributed by atoms with Crippen LogP contribution in [0.1, 0.15) is 30.9 Å². The number of anilines is 1. The van der Waals surface area contributed by atoms with Crippen LogP contribution in [0.3, 0.4) is 0 Å². The Balaban J connectivity index is 1.86. The Bertz CT molecular complexity index is 1030. The summed E-state index contributed by atoms with van der Waals surface area (Å²) in [5.41, 5.74) is 7.33. The van der Waals surface area contributed by atoms with E-state index in [1.165, 1.54) is 6.33 Å². The van der Waals surface area contributed by atoms with Gasteiger partial charge in [0.1, 0.15) is 17.8 Å². The molecule has 1 unspecified atom stereocenters. The van der Waals surface area contributed by atoms with Gasteiger partial charge >= 0.3 is 0 Å². The predicted molar refractivity (Wildman–Crippen MR) is 121 cm³/mol. The van der Waals surface area contributed by atoms with Gasteiger partial charge in [0.15, 0.2) is 0 Å². The van der Waals surface area contributed by atoms with Crippen molar-refractivity contribution in [3.63, 3.8) is 0 Å². The highest BCUT2D eigenvalue weighted by molar-refractivity contribution is 6.30. The number of aromatic amines is 1. The second kappa shape index (κ2) is 9.32. The number of aromatic nitrogens is 3. The number of nitrogens with zero attached hydrogens (tertiary/aromatic N) is 3.